The Bertz CT molecular complexity index is 663. The van der Waals surface area contributed by atoms with E-state index in [-0.39, 0.29) is 17.9 Å². The van der Waals surface area contributed by atoms with E-state index < -0.39 is 0 Å². The van der Waals surface area contributed by atoms with Gasteiger partial charge in [0.2, 0.25) is 0 Å². The minimum absolute atomic E-state index is 0.0901. The van der Waals surface area contributed by atoms with Crippen LogP contribution in [0.15, 0.2) is 35.1 Å². The maximum atomic E-state index is 12.9. The number of hydrogen-bond donors (Lipinski definition) is 0. The van der Waals surface area contributed by atoms with E-state index in [1.807, 2.05) is 26.0 Å². The maximum absolute atomic E-state index is 12.9. The zero-order valence-electron chi connectivity index (χ0n) is 14.1. The van der Waals surface area contributed by atoms with Gasteiger partial charge in [0.1, 0.15) is 5.76 Å². The SMILES string of the molecule is CC(C)c1cc(C(=O)N(Cc2ccncc2)CC2CCCO2)no1. The van der Waals surface area contributed by atoms with Gasteiger partial charge in [-0.1, -0.05) is 19.0 Å². The summed E-state index contributed by atoms with van der Waals surface area (Å²) in [5, 5.41) is 3.96. The molecule has 3 rings (SSSR count). The fourth-order valence-corrected chi connectivity index (χ4v) is 2.79. The molecule has 1 aliphatic heterocycles. The Morgan fingerprint density at radius 1 is 1.38 bits per heavy atom. The molecule has 0 radical (unpaired) electrons. The zero-order valence-corrected chi connectivity index (χ0v) is 14.1. The number of aromatic nitrogens is 2. The van der Waals surface area contributed by atoms with Crippen molar-refractivity contribution in [2.75, 3.05) is 13.2 Å². The number of pyridine rings is 1. The van der Waals surface area contributed by atoms with Crippen LogP contribution in [0.25, 0.3) is 0 Å². The van der Waals surface area contributed by atoms with Crippen molar-refractivity contribution in [2.45, 2.75) is 45.3 Å². The highest BCUT2D eigenvalue weighted by atomic mass is 16.5. The second kappa shape index (κ2) is 7.57. The van der Waals surface area contributed by atoms with Crippen LogP contribution in [0, 0.1) is 0 Å². The van der Waals surface area contributed by atoms with Crippen LogP contribution in [-0.2, 0) is 11.3 Å². The number of amides is 1. The molecule has 6 nitrogen and oxygen atoms in total. The minimum Gasteiger partial charge on any atom is -0.376 e. The molecular formula is C18H23N3O3. The van der Waals surface area contributed by atoms with Crippen LogP contribution in [0.2, 0.25) is 0 Å². The summed E-state index contributed by atoms with van der Waals surface area (Å²) in [7, 11) is 0. The number of hydrogen-bond acceptors (Lipinski definition) is 5. The molecule has 1 saturated heterocycles. The molecule has 0 aromatic carbocycles. The van der Waals surface area contributed by atoms with Crippen molar-refractivity contribution in [3.05, 3.63) is 47.6 Å². The minimum atomic E-state index is -0.127. The van der Waals surface area contributed by atoms with Gasteiger partial charge in [-0.25, -0.2) is 0 Å². The summed E-state index contributed by atoms with van der Waals surface area (Å²) >= 11 is 0. The van der Waals surface area contributed by atoms with Crippen LogP contribution >= 0.6 is 0 Å². The Morgan fingerprint density at radius 2 is 2.17 bits per heavy atom. The number of carbonyl (C=O) groups excluding carboxylic acids is 1. The third kappa shape index (κ3) is 4.00. The molecule has 0 bridgehead atoms. The molecule has 1 atom stereocenters. The van der Waals surface area contributed by atoms with Crippen molar-refractivity contribution < 1.29 is 14.1 Å². The number of nitrogens with zero attached hydrogens (tertiary/aromatic N) is 3. The van der Waals surface area contributed by atoms with E-state index in [0.29, 0.717) is 18.8 Å². The molecule has 24 heavy (non-hydrogen) atoms. The van der Waals surface area contributed by atoms with E-state index in [4.69, 9.17) is 9.26 Å². The Kier molecular flexibility index (Phi) is 5.25. The summed E-state index contributed by atoms with van der Waals surface area (Å²) in [4.78, 5) is 18.7. The lowest BCUT2D eigenvalue weighted by molar-refractivity contribution is 0.0499. The third-order valence-corrected chi connectivity index (χ3v) is 4.17. The van der Waals surface area contributed by atoms with E-state index in [1.54, 1.807) is 23.4 Å². The molecule has 0 spiro atoms. The van der Waals surface area contributed by atoms with Gasteiger partial charge in [0.05, 0.1) is 6.10 Å². The normalized spacial score (nSPS) is 17.4. The molecule has 1 aliphatic rings. The molecular weight excluding hydrogens is 306 g/mol. The molecule has 128 valence electrons. The Labute approximate surface area is 141 Å². The number of ether oxygens (including phenoxy) is 1. The molecule has 6 heteroatoms. The highest BCUT2D eigenvalue weighted by Crippen LogP contribution is 2.19. The molecule has 2 aromatic heterocycles. The standard InChI is InChI=1S/C18H23N3O3/c1-13(2)17-10-16(20-24-17)18(22)21(12-15-4-3-9-23-15)11-14-5-7-19-8-6-14/h5-8,10,13,15H,3-4,9,11-12H2,1-2H3. The highest BCUT2D eigenvalue weighted by Gasteiger charge is 2.26. The second-order valence-electron chi connectivity index (χ2n) is 6.45. The van der Waals surface area contributed by atoms with Gasteiger partial charge in [0, 0.05) is 44.1 Å². The molecule has 0 N–H and O–H groups in total. The Balaban J connectivity index is 1.77. The lowest BCUT2D eigenvalue weighted by Crippen LogP contribution is -2.37. The van der Waals surface area contributed by atoms with E-state index in [0.717, 1.165) is 30.8 Å². The van der Waals surface area contributed by atoms with Crippen molar-refractivity contribution in [2.24, 2.45) is 0 Å². The van der Waals surface area contributed by atoms with Gasteiger partial charge in [-0.3, -0.25) is 9.78 Å². The van der Waals surface area contributed by atoms with Crippen molar-refractivity contribution in [3.8, 4) is 0 Å². The average Bonchev–Trinajstić information content (AvgIpc) is 3.26. The van der Waals surface area contributed by atoms with Gasteiger partial charge in [-0.15, -0.1) is 0 Å². The summed E-state index contributed by atoms with van der Waals surface area (Å²) in [5.41, 5.74) is 1.38. The first-order chi connectivity index (χ1) is 11.6. The van der Waals surface area contributed by atoms with E-state index in [1.165, 1.54) is 0 Å². The molecule has 0 aliphatic carbocycles. The largest absolute Gasteiger partial charge is 0.376 e. The quantitative estimate of drug-likeness (QED) is 0.815. The van der Waals surface area contributed by atoms with Crippen LogP contribution in [-0.4, -0.2) is 40.2 Å². The fourth-order valence-electron chi connectivity index (χ4n) is 2.79. The first-order valence-corrected chi connectivity index (χ1v) is 8.40. The molecule has 0 saturated carbocycles. The predicted octanol–water partition coefficient (Wildman–Crippen LogP) is 3.01. The van der Waals surface area contributed by atoms with Crippen LogP contribution in [0.1, 0.15) is 54.4 Å². The van der Waals surface area contributed by atoms with Crippen molar-refractivity contribution in [1.29, 1.82) is 0 Å². The van der Waals surface area contributed by atoms with Crippen molar-refractivity contribution >= 4 is 5.91 Å². The lowest BCUT2D eigenvalue weighted by Gasteiger charge is -2.24. The van der Waals surface area contributed by atoms with Gasteiger partial charge in [-0.05, 0) is 30.5 Å². The topological polar surface area (TPSA) is 68.5 Å². The summed E-state index contributed by atoms with van der Waals surface area (Å²) in [6, 6.07) is 5.57. The van der Waals surface area contributed by atoms with E-state index in [2.05, 4.69) is 10.1 Å². The van der Waals surface area contributed by atoms with Crippen molar-refractivity contribution in [1.82, 2.24) is 15.0 Å². The summed E-state index contributed by atoms with van der Waals surface area (Å²) < 4.78 is 11.0. The van der Waals surface area contributed by atoms with E-state index >= 15 is 0 Å². The van der Waals surface area contributed by atoms with Crippen LogP contribution < -0.4 is 0 Å². The van der Waals surface area contributed by atoms with Gasteiger partial charge in [0.15, 0.2) is 5.69 Å². The highest BCUT2D eigenvalue weighted by molar-refractivity contribution is 5.92. The first-order valence-electron chi connectivity index (χ1n) is 8.40. The maximum Gasteiger partial charge on any atom is 0.276 e. The van der Waals surface area contributed by atoms with Crippen molar-refractivity contribution in [3.63, 3.8) is 0 Å². The van der Waals surface area contributed by atoms with E-state index in [9.17, 15) is 4.79 Å². The van der Waals surface area contributed by atoms with Gasteiger partial charge >= 0.3 is 0 Å². The molecule has 1 amide bonds. The smallest absolute Gasteiger partial charge is 0.276 e. The fraction of sp³-hybridized carbons (Fsp3) is 0.500. The van der Waals surface area contributed by atoms with Gasteiger partial charge in [0.25, 0.3) is 5.91 Å². The Morgan fingerprint density at radius 3 is 2.79 bits per heavy atom. The Hall–Kier alpha value is -2.21. The summed E-state index contributed by atoms with van der Waals surface area (Å²) in [6.45, 7) is 5.85. The second-order valence-corrected chi connectivity index (χ2v) is 6.45. The van der Waals surface area contributed by atoms with Gasteiger partial charge in [-0.2, -0.15) is 0 Å². The summed E-state index contributed by atoms with van der Waals surface area (Å²) in [5.74, 6) is 0.795. The lowest BCUT2D eigenvalue weighted by atomic mass is 10.1. The molecule has 2 aromatic rings. The number of rotatable bonds is 6. The monoisotopic (exact) mass is 329 g/mol. The number of carbonyl (C=O) groups is 1. The van der Waals surface area contributed by atoms with Crippen LogP contribution in [0.3, 0.4) is 0 Å². The van der Waals surface area contributed by atoms with Crippen LogP contribution in [0.5, 0.6) is 0 Å². The third-order valence-electron chi connectivity index (χ3n) is 4.17. The molecule has 1 fully saturated rings. The van der Waals surface area contributed by atoms with Gasteiger partial charge < -0.3 is 14.2 Å². The summed E-state index contributed by atoms with van der Waals surface area (Å²) in [6.07, 6.45) is 5.58. The predicted molar refractivity (Wildman–Crippen MR) is 88.5 cm³/mol. The van der Waals surface area contributed by atoms with Crippen LogP contribution in [0.4, 0.5) is 0 Å². The molecule has 3 heterocycles. The average molecular weight is 329 g/mol. The zero-order chi connectivity index (χ0) is 16.9. The first kappa shape index (κ1) is 16.6. The molecule has 1 unspecified atom stereocenters.